The van der Waals surface area contributed by atoms with Crippen LogP contribution in [-0.2, 0) is 24.5 Å². The molecule has 194 valence electrons. The first-order valence-electron chi connectivity index (χ1n) is 13.1. The summed E-state index contributed by atoms with van der Waals surface area (Å²) in [5.74, 6) is 0.489. The maximum Gasteiger partial charge on any atom is 0.240 e. The predicted octanol–water partition coefficient (Wildman–Crippen LogP) is 1.48. The van der Waals surface area contributed by atoms with Crippen LogP contribution in [0.1, 0.15) is 30.0 Å². The largest absolute Gasteiger partial charge is 0.494 e. The molecular formula is C28H32N4O5. The van der Waals surface area contributed by atoms with Crippen LogP contribution < -0.4 is 15.0 Å². The van der Waals surface area contributed by atoms with Crippen molar-refractivity contribution in [3.05, 3.63) is 59.7 Å². The highest BCUT2D eigenvalue weighted by Crippen LogP contribution is 2.56. The molecule has 1 N–H and O–H groups in total. The average Bonchev–Trinajstić information content (AvgIpc) is 3.41. The number of amides is 3. The van der Waals surface area contributed by atoms with Gasteiger partial charge < -0.3 is 24.6 Å². The van der Waals surface area contributed by atoms with E-state index in [-0.39, 0.29) is 36.9 Å². The number of carbonyl (C=O) groups excluding carboxylic acids is 3. The number of nitrogens with zero attached hydrogens (tertiary/aromatic N) is 3. The highest BCUT2D eigenvalue weighted by Gasteiger charge is 2.61. The van der Waals surface area contributed by atoms with Crippen LogP contribution in [0.3, 0.4) is 0 Å². The van der Waals surface area contributed by atoms with Gasteiger partial charge in [0.05, 0.1) is 37.8 Å². The molecule has 0 radical (unpaired) electrons. The molecule has 0 aromatic heterocycles. The van der Waals surface area contributed by atoms with Gasteiger partial charge >= 0.3 is 0 Å². The van der Waals surface area contributed by atoms with Gasteiger partial charge in [0.1, 0.15) is 12.3 Å². The SMILES string of the molecule is O=C1CN2C(=O)[C@]3(CCN(CC(=O)N4CCOCC4)[C@H]3c3cccc(c3)OCCCN1)c1ccccc12. The van der Waals surface area contributed by atoms with Gasteiger partial charge in [-0.3, -0.25) is 19.3 Å². The second-order valence-electron chi connectivity index (χ2n) is 10.1. The molecule has 9 nitrogen and oxygen atoms in total. The van der Waals surface area contributed by atoms with Crippen LogP contribution in [0.4, 0.5) is 5.69 Å². The number of fused-ring (bicyclic) bond motifs is 6. The van der Waals surface area contributed by atoms with Crippen molar-refractivity contribution in [1.82, 2.24) is 15.1 Å². The Morgan fingerprint density at radius 2 is 1.86 bits per heavy atom. The number of nitrogens with one attached hydrogen (secondary N) is 1. The minimum atomic E-state index is -0.898. The summed E-state index contributed by atoms with van der Waals surface area (Å²) < 4.78 is 11.4. The number of benzene rings is 2. The summed E-state index contributed by atoms with van der Waals surface area (Å²) in [7, 11) is 0. The molecule has 0 saturated carbocycles. The van der Waals surface area contributed by atoms with Gasteiger partial charge in [-0.05, 0) is 42.2 Å². The lowest BCUT2D eigenvalue weighted by Crippen LogP contribution is -2.49. The minimum Gasteiger partial charge on any atom is -0.494 e. The van der Waals surface area contributed by atoms with Crippen molar-refractivity contribution in [3.8, 4) is 5.75 Å². The molecular weight excluding hydrogens is 472 g/mol. The molecule has 0 unspecified atom stereocenters. The van der Waals surface area contributed by atoms with Gasteiger partial charge in [0.2, 0.25) is 17.7 Å². The third-order valence-corrected chi connectivity index (χ3v) is 8.02. The molecule has 2 aromatic carbocycles. The van der Waals surface area contributed by atoms with Gasteiger partial charge in [-0.1, -0.05) is 30.3 Å². The van der Waals surface area contributed by atoms with E-state index < -0.39 is 5.41 Å². The van der Waals surface area contributed by atoms with Gasteiger partial charge in [-0.25, -0.2) is 0 Å². The predicted molar refractivity (Wildman–Crippen MR) is 136 cm³/mol. The third kappa shape index (κ3) is 4.16. The Balaban J connectivity index is 1.45. The molecule has 9 heteroatoms. The van der Waals surface area contributed by atoms with E-state index in [0.29, 0.717) is 58.8 Å². The van der Waals surface area contributed by atoms with Crippen LogP contribution in [0.5, 0.6) is 5.75 Å². The number of anilines is 1. The number of ether oxygens (including phenoxy) is 2. The summed E-state index contributed by atoms with van der Waals surface area (Å²) in [6, 6.07) is 15.3. The molecule has 4 aliphatic heterocycles. The summed E-state index contributed by atoms with van der Waals surface area (Å²) in [6.07, 6.45) is 1.22. The van der Waals surface area contributed by atoms with Crippen molar-refractivity contribution in [2.24, 2.45) is 0 Å². The van der Waals surface area contributed by atoms with Gasteiger partial charge in [0.15, 0.2) is 0 Å². The number of carbonyl (C=O) groups is 3. The lowest BCUT2D eigenvalue weighted by atomic mass is 9.72. The van der Waals surface area contributed by atoms with E-state index in [2.05, 4.69) is 10.2 Å². The normalized spacial score (nSPS) is 26.1. The lowest BCUT2D eigenvalue weighted by Gasteiger charge is -2.36. The molecule has 2 fully saturated rings. The highest BCUT2D eigenvalue weighted by molar-refractivity contribution is 6.11. The van der Waals surface area contributed by atoms with E-state index in [9.17, 15) is 14.4 Å². The first-order valence-corrected chi connectivity index (χ1v) is 13.1. The second-order valence-corrected chi connectivity index (χ2v) is 10.1. The van der Waals surface area contributed by atoms with Crippen LogP contribution in [-0.4, -0.2) is 86.6 Å². The molecule has 37 heavy (non-hydrogen) atoms. The molecule has 2 atom stereocenters. The van der Waals surface area contributed by atoms with Gasteiger partial charge in [-0.15, -0.1) is 0 Å². The molecule has 4 bridgehead atoms. The third-order valence-electron chi connectivity index (χ3n) is 8.02. The highest BCUT2D eigenvalue weighted by atomic mass is 16.5. The molecule has 1 spiro atoms. The van der Waals surface area contributed by atoms with Crippen LogP contribution >= 0.6 is 0 Å². The van der Waals surface area contributed by atoms with E-state index in [4.69, 9.17) is 9.47 Å². The van der Waals surface area contributed by atoms with Crippen molar-refractivity contribution in [2.45, 2.75) is 24.3 Å². The molecule has 4 heterocycles. The number of hydrogen-bond donors (Lipinski definition) is 1. The summed E-state index contributed by atoms with van der Waals surface area (Å²) in [6.45, 7) is 3.97. The van der Waals surface area contributed by atoms with Crippen LogP contribution in [0.2, 0.25) is 0 Å². The van der Waals surface area contributed by atoms with Crippen molar-refractivity contribution >= 4 is 23.4 Å². The minimum absolute atomic E-state index is 0.0298. The zero-order valence-electron chi connectivity index (χ0n) is 20.9. The fourth-order valence-corrected chi connectivity index (χ4v) is 6.33. The Kier molecular flexibility index (Phi) is 6.34. The van der Waals surface area contributed by atoms with Crippen LogP contribution in [0.25, 0.3) is 0 Å². The number of para-hydroxylation sites is 1. The van der Waals surface area contributed by atoms with Crippen molar-refractivity contribution in [2.75, 3.05) is 64.0 Å². The Hall–Kier alpha value is -3.43. The van der Waals surface area contributed by atoms with Crippen molar-refractivity contribution < 1.29 is 23.9 Å². The Bertz CT molecular complexity index is 1210. The molecule has 2 aromatic rings. The Morgan fingerprint density at radius 3 is 2.73 bits per heavy atom. The number of morpholine rings is 1. The Morgan fingerprint density at radius 1 is 1.03 bits per heavy atom. The first kappa shape index (κ1) is 23.9. The molecule has 0 aliphatic carbocycles. The maximum absolute atomic E-state index is 14.4. The summed E-state index contributed by atoms with van der Waals surface area (Å²) >= 11 is 0. The average molecular weight is 505 g/mol. The molecule has 2 saturated heterocycles. The zero-order chi connectivity index (χ0) is 25.4. The zero-order valence-corrected chi connectivity index (χ0v) is 20.9. The van der Waals surface area contributed by atoms with Crippen LogP contribution in [0, 0.1) is 0 Å². The second kappa shape index (κ2) is 9.79. The fraction of sp³-hybridized carbons (Fsp3) is 0.464. The summed E-state index contributed by atoms with van der Waals surface area (Å²) in [5, 5.41) is 2.92. The molecule has 3 amide bonds. The van der Waals surface area contributed by atoms with E-state index >= 15 is 0 Å². The monoisotopic (exact) mass is 504 g/mol. The lowest BCUT2D eigenvalue weighted by molar-refractivity contribution is -0.137. The van der Waals surface area contributed by atoms with E-state index in [1.807, 2.05) is 53.4 Å². The Labute approximate surface area is 216 Å². The first-order chi connectivity index (χ1) is 18.1. The van der Waals surface area contributed by atoms with Crippen molar-refractivity contribution in [3.63, 3.8) is 0 Å². The number of hydrogen-bond acceptors (Lipinski definition) is 6. The summed E-state index contributed by atoms with van der Waals surface area (Å²) in [4.78, 5) is 46.2. The molecule has 6 rings (SSSR count). The van der Waals surface area contributed by atoms with Gasteiger partial charge in [-0.2, -0.15) is 0 Å². The quantitative estimate of drug-likeness (QED) is 0.666. The van der Waals surface area contributed by atoms with Crippen LogP contribution in [0.15, 0.2) is 48.5 Å². The smallest absolute Gasteiger partial charge is 0.240 e. The fourth-order valence-electron chi connectivity index (χ4n) is 6.33. The van der Waals surface area contributed by atoms with E-state index in [0.717, 1.165) is 22.6 Å². The standard InChI is InChI=1S/C28H32N4O5/c33-24-18-32-23-8-2-1-7-22(23)28(27(32)35)9-11-31(19-25(34)30-12-15-36-16-13-30)26(28)20-5-3-6-21(17-20)37-14-4-10-29-24/h1-3,5-8,17,26H,4,9-16,18-19H2,(H,29,33)/t26-,28+/m0/s1. The number of likely N-dealkylation sites (tertiary alicyclic amines) is 1. The van der Waals surface area contributed by atoms with Gasteiger partial charge in [0.25, 0.3) is 0 Å². The topological polar surface area (TPSA) is 91.4 Å². The maximum atomic E-state index is 14.4. The molecule has 4 aliphatic rings. The van der Waals surface area contributed by atoms with E-state index in [1.54, 1.807) is 4.90 Å². The summed E-state index contributed by atoms with van der Waals surface area (Å²) in [5.41, 5.74) is 1.73. The van der Waals surface area contributed by atoms with Gasteiger partial charge in [0, 0.05) is 31.9 Å². The van der Waals surface area contributed by atoms with E-state index in [1.165, 1.54) is 0 Å². The number of rotatable bonds is 2. The van der Waals surface area contributed by atoms with Crippen molar-refractivity contribution in [1.29, 1.82) is 0 Å².